The van der Waals surface area contributed by atoms with E-state index in [2.05, 4.69) is 27.7 Å². The summed E-state index contributed by atoms with van der Waals surface area (Å²) in [7, 11) is 1.69. The van der Waals surface area contributed by atoms with Gasteiger partial charge in [0.2, 0.25) is 0 Å². The van der Waals surface area contributed by atoms with E-state index in [1.54, 1.807) is 7.05 Å². The van der Waals surface area contributed by atoms with E-state index in [0.717, 1.165) is 56.1 Å². The Kier molecular flexibility index (Phi) is 4.95. The molecule has 22 heavy (non-hydrogen) atoms. The average molecular weight is 303 g/mol. The molecule has 0 radical (unpaired) electrons. The minimum atomic E-state index is -0.00653. The van der Waals surface area contributed by atoms with Crippen molar-refractivity contribution in [2.45, 2.75) is 31.8 Å². The molecule has 0 aromatic heterocycles. The van der Waals surface area contributed by atoms with E-state index in [-0.39, 0.29) is 5.91 Å². The summed E-state index contributed by atoms with van der Waals surface area (Å²) in [5.74, 6) is -0.00653. The standard InChI is InChI=1S/C17H25N3O2/c1-18-17(21)15-10-13(11-19-14-6-9-22-12-14)4-5-16(15)20-7-2-3-8-20/h4-5,10,14,19H,2-3,6-9,11-12H2,1H3,(H,18,21). The van der Waals surface area contributed by atoms with Crippen molar-refractivity contribution < 1.29 is 9.53 Å². The Labute approximate surface area is 132 Å². The molecule has 2 saturated heterocycles. The van der Waals surface area contributed by atoms with E-state index in [4.69, 9.17) is 4.74 Å². The highest BCUT2D eigenvalue weighted by atomic mass is 16.5. The van der Waals surface area contributed by atoms with Gasteiger partial charge in [0, 0.05) is 45.0 Å². The highest BCUT2D eigenvalue weighted by Crippen LogP contribution is 2.26. The van der Waals surface area contributed by atoms with Crippen molar-refractivity contribution in [1.29, 1.82) is 0 Å². The van der Waals surface area contributed by atoms with Crippen LogP contribution in [0, 0.1) is 0 Å². The van der Waals surface area contributed by atoms with E-state index < -0.39 is 0 Å². The minimum Gasteiger partial charge on any atom is -0.380 e. The molecule has 2 aliphatic heterocycles. The molecule has 1 amide bonds. The van der Waals surface area contributed by atoms with Crippen molar-refractivity contribution in [3.05, 3.63) is 29.3 Å². The predicted octanol–water partition coefficient (Wildman–Crippen LogP) is 1.52. The maximum Gasteiger partial charge on any atom is 0.253 e. The summed E-state index contributed by atoms with van der Waals surface area (Å²) in [4.78, 5) is 14.5. The smallest absolute Gasteiger partial charge is 0.253 e. The number of anilines is 1. The van der Waals surface area contributed by atoms with Crippen LogP contribution in [0.4, 0.5) is 5.69 Å². The third kappa shape index (κ3) is 3.42. The van der Waals surface area contributed by atoms with Crippen molar-refractivity contribution in [2.24, 2.45) is 0 Å². The number of carbonyl (C=O) groups excluding carboxylic acids is 1. The van der Waals surface area contributed by atoms with Crippen LogP contribution in [0.15, 0.2) is 18.2 Å². The van der Waals surface area contributed by atoms with Gasteiger partial charge >= 0.3 is 0 Å². The first kappa shape index (κ1) is 15.3. The van der Waals surface area contributed by atoms with Crippen molar-refractivity contribution in [2.75, 3.05) is 38.3 Å². The Hall–Kier alpha value is -1.59. The topological polar surface area (TPSA) is 53.6 Å². The zero-order chi connectivity index (χ0) is 15.4. The molecular weight excluding hydrogens is 278 g/mol. The van der Waals surface area contributed by atoms with E-state index >= 15 is 0 Å². The molecular formula is C17H25N3O2. The molecule has 1 aromatic carbocycles. The number of rotatable bonds is 5. The Bertz CT molecular complexity index is 521. The second kappa shape index (κ2) is 7.11. The largest absolute Gasteiger partial charge is 0.380 e. The van der Waals surface area contributed by atoms with Crippen LogP contribution >= 0.6 is 0 Å². The molecule has 5 nitrogen and oxygen atoms in total. The lowest BCUT2D eigenvalue weighted by Gasteiger charge is -2.22. The maximum atomic E-state index is 12.2. The third-order valence-electron chi connectivity index (χ3n) is 4.50. The second-order valence-electron chi connectivity index (χ2n) is 6.07. The molecule has 5 heteroatoms. The van der Waals surface area contributed by atoms with E-state index in [9.17, 15) is 4.79 Å². The summed E-state index contributed by atoms with van der Waals surface area (Å²) in [6.45, 7) is 4.49. The van der Waals surface area contributed by atoms with Crippen molar-refractivity contribution in [3.63, 3.8) is 0 Å². The minimum absolute atomic E-state index is 0.00653. The molecule has 2 heterocycles. The van der Waals surface area contributed by atoms with Crippen LogP contribution in [-0.2, 0) is 11.3 Å². The van der Waals surface area contributed by atoms with E-state index in [1.165, 1.54) is 12.8 Å². The Morgan fingerprint density at radius 2 is 2.18 bits per heavy atom. The van der Waals surface area contributed by atoms with Gasteiger partial charge in [-0.3, -0.25) is 4.79 Å². The fourth-order valence-electron chi connectivity index (χ4n) is 3.20. The molecule has 3 rings (SSSR count). The van der Waals surface area contributed by atoms with Crippen LogP contribution in [0.5, 0.6) is 0 Å². The zero-order valence-electron chi connectivity index (χ0n) is 13.2. The third-order valence-corrected chi connectivity index (χ3v) is 4.50. The van der Waals surface area contributed by atoms with Gasteiger partial charge in [-0.25, -0.2) is 0 Å². The SMILES string of the molecule is CNC(=O)c1cc(CNC2CCOC2)ccc1N1CCCC1. The van der Waals surface area contributed by atoms with Gasteiger partial charge in [-0.1, -0.05) is 6.07 Å². The number of nitrogens with one attached hydrogen (secondary N) is 2. The number of benzene rings is 1. The molecule has 1 unspecified atom stereocenters. The Morgan fingerprint density at radius 3 is 2.86 bits per heavy atom. The molecule has 2 N–H and O–H groups in total. The molecule has 1 aromatic rings. The van der Waals surface area contributed by atoms with Gasteiger partial charge in [-0.2, -0.15) is 0 Å². The van der Waals surface area contributed by atoms with Gasteiger partial charge in [-0.05, 0) is 37.0 Å². The molecule has 2 fully saturated rings. The van der Waals surface area contributed by atoms with Crippen LogP contribution in [0.2, 0.25) is 0 Å². The lowest BCUT2D eigenvalue weighted by Crippen LogP contribution is -2.29. The van der Waals surface area contributed by atoms with Crippen LogP contribution < -0.4 is 15.5 Å². The normalized spacial score (nSPS) is 21.3. The van der Waals surface area contributed by atoms with Crippen molar-refractivity contribution in [1.82, 2.24) is 10.6 Å². The summed E-state index contributed by atoms with van der Waals surface area (Å²) in [6.07, 6.45) is 3.48. The number of hydrogen-bond donors (Lipinski definition) is 2. The van der Waals surface area contributed by atoms with Gasteiger partial charge in [0.05, 0.1) is 12.2 Å². The summed E-state index contributed by atoms with van der Waals surface area (Å²) in [6, 6.07) is 6.68. The first-order chi connectivity index (χ1) is 10.8. The highest BCUT2D eigenvalue weighted by Gasteiger charge is 2.20. The second-order valence-corrected chi connectivity index (χ2v) is 6.07. The monoisotopic (exact) mass is 303 g/mol. The molecule has 0 aliphatic carbocycles. The number of carbonyl (C=O) groups is 1. The summed E-state index contributed by atoms with van der Waals surface area (Å²) in [5, 5.41) is 6.26. The summed E-state index contributed by atoms with van der Waals surface area (Å²) in [5.41, 5.74) is 2.99. The van der Waals surface area contributed by atoms with Gasteiger partial charge in [-0.15, -0.1) is 0 Å². The van der Waals surface area contributed by atoms with Gasteiger partial charge in [0.1, 0.15) is 0 Å². The molecule has 1 atom stereocenters. The lowest BCUT2D eigenvalue weighted by molar-refractivity contribution is 0.0963. The number of ether oxygens (including phenoxy) is 1. The lowest BCUT2D eigenvalue weighted by atomic mass is 10.1. The van der Waals surface area contributed by atoms with E-state index in [0.29, 0.717) is 6.04 Å². The number of amides is 1. The van der Waals surface area contributed by atoms with Crippen LogP contribution in [0.3, 0.4) is 0 Å². The summed E-state index contributed by atoms with van der Waals surface area (Å²) < 4.78 is 5.38. The van der Waals surface area contributed by atoms with Gasteiger partial charge in [0.25, 0.3) is 5.91 Å². The van der Waals surface area contributed by atoms with Crippen LogP contribution in [0.25, 0.3) is 0 Å². The van der Waals surface area contributed by atoms with E-state index in [1.807, 2.05) is 6.07 Å². The first-order valence-corrected chi connectivity index (χ1v) is 8.19. The number of nitrogens with zero attached hydrogens (tertiary/aromatic N) is 1. The quantitative estimate of drug-likeness (QED) is 0.866. The average Bonchev–Trinajstić information content (AvgIpc) is 3.25. The first-order valence-electron chi connectivity index (χ1n) is 8.19. The zero-order valence-corrected chi connectivity index (χ0v) is 13.2. The molecule has 120 valence electrons. The molecule has 2 aliphatic rings. The Balaban J connectivity index is 1.75. The Morgan fingerprint density at radius 1 is 1.36 bits per heavy atom. The number of hydrogen-bond acceptors (Lipinski definition) is 4. The van der Waals surface area contributed by atoms with Crippen LogP contribution in [0.1, 0.15) is 35.2 Å². The predicted molar refractivity (Wildman–Crippen MR) is 87.3 cm³/mol. The van der Waals surface area contributed by atoms with Gasteiger partial charge in [0.15, 0.2) is 0 Å². The van der Waals surface area contributed by atoms with Crippen molar-refractivity contribution >= 4 is 11.6 Å². The highest BCUT2D eigenvalue weighted by molar-refractivity contribution is 6.00. The van der Waals surface area contributed by atoms with Crippen LogP contribution in [-0.4, -0.2) is 45.3 Å². The fourth-order valence-corrected chi connectivity index (χ4v) is 3.20. The molecule has 0 bridgehead atoms. The fraction of sp³-hybridized carbons (Fsp3) is 0.588. The maximum absolute atomic E-state index is 12.2. The molecule has 0 spiro atoms. The van der Waals surface area contributed by atoms with Gasteiger partial charge < -0.3 is 20.3 Å². The molecule has 0 saturated carbocycles. The van der Waals surface area contributed by atoms with Crippen molar-refractivity contribution in [3.8, 4) is 0 Å². The summed E-state index contributed by atoms with van der Waals surface area (Å²) >= 11 is 0.